The van der Waals surface area contributed by atoms with Crippen LogP contribution in [0.2, 0.25) is 5.02 Å². The minimum absolute atomic E-state index is 0.139. The summed E-state index contributed by atoms with van der Waals surface area (Å²) in [6, 6.07) is 4.18. The highest BCUT2D eigenvalue weighted by molar-refractivity contribution is 6.34. The molecule has 1 heterocycles. The Kier molecular flexibility index (Phi) is 3.77. The van der Waals surface area contributed by atoms with Crippen LogP contribution < -0.4 is 0 Å². The number of carbonyl (C=O) groups excluding carboxylic acids is 1. The molecule has 0 bridgehead atoms. The normalized spacial score (nSPS) is 10.6. The molecular weight excluding hydrogens is 255 g/mol. The van der Waals surface area contributed by atoms with Gasteiger partial charge in [-0.15, -0.1) is 0 Å². The molecule has 0 saturated carbocycles. The zero-order valence-corrected chi connectivity index (χ0v) is 10.6. The summed E-state index contributed by atoms with van der Waals surface area (Å²) < 4.78 is 15.1. The molecule has 3 nitrogen and oxygen atoms in total. The third kappa shape index (κ3) is 2.29. The van der Waals surface area contributed by atoms with Gasteiger partial charge in [-0.05, 0) is 18.6 Å². The number of hydrogen-bond donors (Lipinski definition) is 0. The lowest BCUT2D eigenvalue weighted by molar-refractivity contribution is 0.102. The van der Waals surface area contributed by atoms with E-state index in [0.717, 1.165) is 6.42 Å². The highest BCUT2D eigenvalue weighted by Gasteiger charge is 2.19. The third-order valence-electron chi connectivity index (χ3n) is 2.58. The first kappa shape index (κ1) is 12.8. The Balaban J connectivity index is 2.42. The number of nitrogens with zero attached hydrogens (tertiary/aromatic N) is 2. The molecule has 1 aromatic carbocycles. The Labute approximate surface area is 109 Å². The van der Waals surface area contributed by atoms with Gasteiger partial charge in [-0.25, -0.2) is 9.37 Å². The zero-order chi connectivity index (χ0) is 13.1. The van der Waals surface area contributed by atoms with Crippen molar-refractivity contribution in [3.05, 3.63) is 52.8 Å². The summed E-state index contributed by atoms with van der Waals surface area (Å²) in [7, 11) is 0. The number of rotatable bonds is 4. The number of hydrogen-bond acceptors (Lipinski definition) is 2. The molecule has 0 saturated heterocycles. The third-order valence-corrected chi connectivity index (χ3v) is 2.96. The first-order valence-corrected chi connectivity index (χ1v) is 6.02. The van der Waals surface area contributed by atoms with Crippen LogP contribution in [0, 0.1) is 5.82 Å². The smallest absolute Gasteiger partial charge is 0.230 e. The number of benzene rings is 1. The van der Waals surface area contributed by atoms with E-state index in [0.29, 0.717) is 6.54 Å². The molecule has 0 spiro atoms. The first-order chi connectivity index (χ1) is 8.65. The van der Waals surface area contributed by atoms with E-state index in [1.54, 1.807) is 17.0 Å². The van der Waals surface area contributed by atoms with Gasteiger partial charge in [0.25, 0.3) is 0 Å². The van der Waals surface area contributed by atoms with Gasteiger partial charge >= 0.3 is 0 Å². The monoisotopic (exact) mass is 266 g/mol. The first-order valence-electron chi connectivity index (χ1n) is 5.65. The molecule has 0 radical (unpaired) electrons. The molecule has 94 valence electrons. The molecule has 0 N–H and O–H groups in total. The second-order valence-electron chi connectivity index (χ2n) is 3.87. The van der Waals surface area contributed by atoms with Gasteiger partial charge in [0.2, 0.25) is 5.78 Å². The molecule has 0 aliphatic rings. The van der Waals surface area contributed by atoms with E-state index in [2.05, 4.69) is 4.98 Å². The minimum Gasteiger partial charge on any atom is -0.328 e. The Bertz CT molecular complexity index is 580. The van der Waals surface area contributed by atoms with Gasteiger partial charge in [-0.1, -0.05) is 24.6 Å². The summed E-state index contributed by atoms with van der Waals surface area (Å²) in [5.74, 6) is -0.682. The molecule has 0 atom stereocenters. The highest BCUT2D eigenvalue weighted by atomic mass is 35.5. The lowest BCUT2D eigenvalue weighted by Crippen LogP contribution is -2.12. The quantitative estimate of drug-likeness (QED) is 0.796. The highest BCUT2D eigenvalue weighted by Crippen LogP contribution is 2.22. The molecule has 0 aliphatic heterocycles. The van der Waals surface area contributed by atoms with E-state index in [-0.39, 0.29) is 22.2 Å². The molecule has 0 amide bonds. The minimum atomic E-state index is -0.601. The summed E-state index contributed by atoms with van der Waals surface area (Å²) in [6.45, 7) is 2.69. The van der Waals surface area contributed by atoms with E-state index in [1.165, 1.54) is 18.2 Å². The van der Waals surface area contributed by atoms with Gasteiger partial charge < -0.3 is 4.57 Å². The maximum absolute atomic E-state index is 13.3. The average Bonchev–Trinajstić information content (AvgIpc) is 2.80. The summed E-state index contributed by atoms with van der Waals surface area (Å²) in [5.41, 5.74) is 0.139. The van der Waals surface area contributed by atoms with Gasteiger partial charge in [0, 0.05) is 24.5 Å². The van der Waals surface area contributed by atoms with Crippen molar-refractivity contribution in [2.24, 2.45) is 0 Å². The second-order valence-corrected chi connectivity index (χ2v) is 4.25. The van der Waals surface area contributed by atoms with Crippen LogP contribution in [0.1, 0.15) is 29.5 Å². The fourth-order valence-electron chi connectivity index (χ4n) is 1.74. The summed E-state index contributed by atoms with van der Waals surface area (Å²) in [6.07, 6.45) is 4.16. The fourth-order valence-corrected chi connectivity index (χ4v) is 1.95. The fraction of sp³-hybridized carbons (Fsp3) is 0.231. The molecule has 2 rings (SSSR count). The number of aromatic nitrogens is 2. The van der Waals surface area contributed by atoms with Crippen LogP contribution in [0.3, 0.4) is 0 Å². The molecule has 0 unspecified atom stereocenters. The Morgan fingerprint density at radius 1 is 1.50 bits per heavy atom. The molecule has 1 aromatic heterocycles. The standard InChI is InChI=1S/C13H12ClFN2O/c1-2-7-17-8-6-16-13(17)12(18)9-4-3-5-10(15)11(9)14/h3-6,8H,2,7H2,1H3. The van der Waals surface area contributed by atoms with Crippen molar-refractivity contribution in [2.75, 3.05) is 0 Å². The number of carbonyl (C=O) groups is 1. The Morgan fingerprint density at radius 2 is 2.28 bits per heavy atom. The Morgan fingerprint density at radius 3 is 3.00 bits per heavy atom. The summed E-state index contributed by atoms with van der Waals surface area (Å²) in [4.78, 5) is 16.3. The van der Waals surface area contributed by atoms with Crippen molar-refractivity contribution < 1.29 is 9.18 Å². The molecule has 5 heteroatoms. The van der Waals surface area contributed by atoms with Crippen LogP contribution in [0.15, 0.2) is 30.6 Å². The molecular formula is C13H12ClFN2O. The van der Waals surface area contributed by atoms with Crippen molar-refractivity contribution in [1.29, 1.82) is 0 Å². The van der Waals surface area contributed by atoms with E-state index in [9.17, 15) is 9.18 Å². The topological polar surface area (TPSA) is 34.9 Å². The maximum Gasteiger partial charge on any atom is 0.230 e. The lowest BCUT2D eigenvalue weighted by Gasteiger charge is -2.06. The lowest BCUT2D eigenvalue weighted by atomic mass is 10.1. The van der Waals surface area contributed by atoms with Crippen molar-refractivity contribution in [3.8, 4) is 0 Å². The van der Waals surface area contributed by atoms with Crippen LogP contribution >= 0.6 is 11.6 Å². The number of ketones is 1. The largest absolute Gasteiger partial charge is 0.328 e. The van der Waals surface area contributed by atoms with Crippen LogP contribution in [0.5, 0.6) is 0 Å². The number of aryl methyl sites for hydroxylation is 1. The number of halogens is 2. The predicted octanol–water partition coefficient (Wildman–Crippen LogP) is 3.32. The van der Waals surface area contributed by atoms with Crippen molar-refractivity contribution >= 4 is 17.4 Å². The molecule has 2 aromatic rings. The van der Waals surface area contributed by atoms with E-state index in [4.69, 9.17) is 11.6 Å². The molecule has 0 fully saturated rings. The van der Waals surface area contributed by atoms with Crippen LogP contribution in [0.25, 0.3) is 0 Å². The van der Waals surface area contributed by atoms with Crippen molar-refractivity contribution in [3.63, 3.8) is 0 Å². The van der Waals surface area contributed by atoms with Gasteiger partial charge in [0.05, 0.1) is 5.02 Å². The van der Waals surface area contributed by atoms with E-state index >= 15 is 0 Å². The number of imidazole rings is 1. The van der Waals surface area contributed by atoms with Gasteiger partial charge in [0.1, 0.15) is 5.82 Å². The van der Waals surface area contributed by atoms with Crippen LogP contribution in [-0.4, -0.2) is 15.3 Å². The van der Waals surface area contributed by atoms with Gasteiger partial charge in [0.15, 0.2) is 5.82 Å². The average molecular weight is 267 g/mol. The second kappa shape index (κ2) is 5.31. The van der Waals surface area contributed by atoms with Crippen molar-refractivity contribution in [1.82, 2.24) is 9.55 Å². The van der Waals surface area contributed by atoms with E-state index < -0.39 is 5.82 Å². The Hall–Kier alpha value is -1.68. The summed E-state index contributed by atoms with van der Waals surface area (Å²) >= 11 is 5.80. The van der Waals surface area contributed by atoms with Crippen LogP contribution in [-0.2, 0) is 6.54 Å². The predicted molar refractivity (Wildman–Crippen MR) is 67.4 cm³/mol. The zero-order valence-electron chi connectivity index (χ0n) is 9.86. The van der Waals surface area contributed by atoms with E-state index in [1.807, 2.05) is 6.92 Å². The maximum atomic E-state index is 13.3. The van der Waals surface area contributed by atoms with Gasteiger partial charge in [-0.3, -0.25) is 4.79 Å². The summed E-state index contributed by atoms with van der Waals surface area (Å²) in [5, 5.41) is -0.159. The van der Waals surface area contributed by atoms with Gasteiger partial charge in [-0.2, -0.15) is 0 Å². The van der Waals surface area contributed by atoms with Crippen LogP contribution in [0.4, 0.5) is 4.39 Å². The molecule has 0 aliphatic carbocycles. The SMILES string of the molecule is CCCn1ccnc1C(=O)c1cccc(F)c1Cl. The van der Waals surface area contributed by atoms with Crippen molar-refractivity contribution in [2.45, 2.75) is 19.9 Å². The molecule has 18 heavy (non-hydrogen) atoms.